The van der Waals surface area contributed by atoms with Gasteiger partial charge in [0.25, 0.3) is 0 Å². The SMILES string of the molecule is CCC=CCC=CCC=CCC=CCCCCC(=O)OCC(COP(=O)(O)OCCN)OC(=O)CCCCCCCCCC=CCCCCCC. The second-order valence-electron chi connectivity index (χ2n) is 12.8. The molecule has 0 rings (SSSR count). The molecular formula is C41H72NO8P. The standard InChI is InChI=1S/C41H72NO8P/c1-3-5-7-9-11-13-15-17-19-21-23-25-27-29-31-33-40(43)47-37-39(38-49-51(45,46)48-36-35-42)50-41(44)34-32-30-28-26-24-22-20-18-16-14-12-10-8-6-4-2/h5,7,11,13-14,16-17,19,23,25,39H,3-4,6,8-10,12,15,18,20-22,24,26-38,42H2,1-2H3,(H,45,46). The van der Waals surface area contributed by atoms with E-state index < -0.39 is 32.5 Å². The predicted molar refractivity (Wildman–Crippen MR) is 210 cm³/mol. The lowest BCUT2D eigenvalue weighted by molar-refractivity contribution is -0.161. The smallest absolute Gasteiger partial charge is 0.462 e. The lowest BCUT2D eigenvalue weighted by Crippen LogP contribution is -2.29. The first-order valence-electron chi connectivity index (χ1n) is 19.8. The van der Waals surface area contributed by atoms with Gasteiger partial charge in [-0.15, -0.1) is 0 Å². The molecule has 0 aromatic rings. The van der Waals surface area contributed by atoms with Crippen molar-refractivity contribution >= 4 is 19.8 Å². The summed E-state index contributed by atoms with van der Waals surface area (Å²) in [6.45, 7) is 3.53. The third-order valence-corrected chi connectivity index (χ3v) is 8.87. The number of carbonyl (C=O) groups excluding carboxylic acids is 2. The second-order valence-corrected chi connectivity index (χ2v) is 14.2. The number of phosphoric acid groups is 1. The highest BCUT2D eigenvalue weighted by Crippen LogP contribution is 2.43. The van der Waals surface area contributed by atoms with Gasteiger partial charge in [-0.2, -0.15) is 0 Å². The molecule has 9 nitrogen and oxygen atoms in total. The predicted octanol–water partition coefficient (Wildman–Crippen LogP) is 10.9. The average molecular weight is 738 g/mol. The van der Waals surface area contributed by atoms with Crippen LogP contribution < -0.4 is 5.73 Å². The van der Waals surface area contributed by atoms with Gasteiger partial charge in [0.05, 0.1) is 13.2 Å². The van der Waals surface area contributed by atoms with Gasteiger partial charge in [-0.25, -0.2) is 4.57 Å². The first-order chi connectivity index (χ1) is 24.8. The minimum Gasteiger partial charge on any atom is -0.462 e. The van der Waals surface area contributed by atoms with Crippen LogP contribution in [-0.2, 0) is 32.7 Å². The minimum absolute atomic E-state index is 0.0445. The van der Waals surface area contributed by atoms with E-state index in [-0.39, 0.29) is 32.6 Å². The van der Waals surface area contributed by atoms with E-state index in [0.717, 1.165) is 64.2 Å². The molecular weight excluding hydrogens is 665 g/mol. The van der Waals surface area contributed by atoms with Crippen molar-refractivity contribution in [3.8, 4) is 0 Å². The Bertz CT molecular complexity index is 1020. The van der Waals surface area contributed by atoms with Gasteiger partial charge in [0, 0.05) is 19.4 Å². The van der Waals surface area contributed by atoms with Gasteiger partial charge in [0.2, 0.25) is 0 Å². The zero-order chi connectivity index (χ0) is 37.5. The summed E-state index contributed by atoms with van der Waals surface area (Å²) >= 11 is 0. The van der Waals surface area contributed by atoms with Crippen LogP contribution in [0.25, 0.3) is 0 Å². The molecule has 294 valence electrons. The maximum absolute atomic E-state index is 12.5. The Kier molecular flexibility index (Phi) is 35.8. The number of unbranched alkanes of at least 4 members (excludes halogenated alkanes) is 13. The van der Waals surface area contributed by atoms with Gasteiger partial charge < -0.3 is 20.1 Å². The van der Waals surface area contributed by atoms with Crippen LogP contribution in [0, 0.1) is 0 Å². The molecule has 0 saturated heterocycles. The number of allylic oxidation sites excluding steroid dienone is 10. The highest BCUT2D eigenvalue weighted by molar-refractivity contribution is 7.47. The van der Waals surface area contributed by atoms with E-state index in [0.29, 0.717) is 12.8 Å². The number of phosphoric ester groups is 1. The second kappa shape index (κ2) is 37.5. The molecule has 0 aromatic heterocycles. The summed E-state index contributed by atoms with van der Waals surface area (Å²) < 4.78 is 32.6. The summed E-state index contributed by atoms with van der Waals surface area (Å²) in [5.41, 5.74) is 5.33. The normalized spacial score (nSPS) is 14.0. The molecule has 51 heavy (non-hydrogen) atoms. The van der Waals surface area contributed by atoms with Gasteiger partial charge in [0.1, 0.15) is 6.61 Å². The molecule has 3 N–H and O–H groups in total. The summed E-state index contributed by atoms with van der Waals surface area (Å²) in [4.78, 5) is 34.7. The molecule has 0 aliphatic heterocycles. The van der Waals surface area contributed by atoms with Gasteiger partial charge in [-0.3, -0.25) is 18.6 Å². The molecule has 0 aliphatic rings. The number of esters is 2. The number of nitrogens with two attached hydrogens (primary N) is 1. The van der Waals surface area contributed by atoms with Crippen LogP contribution in [0.1, 0.15) is 155 Å². The number of rotatable bonds is 36. The van der Waals surface area contributed by atoms with E-state index in [1.54, 1.807) is 0 Å². The Hall–Kier alpha value is -2.29. The fourth-order valence-corrected chi connectivity index (χ4v) is 5.74. The fourth-order valence-electron chi connectivity index (χ4n) is 4.97. The molecule has 2 unspecified atom stereocenters. The summed E-state index contributed by atoms with van der Waals surface area (Å²) in [5, 5.41) is 0. The molecule has 0 aromatic carbocycles. The fraction of sp³-hybridized carbons (Fsp3) is 0.707. The van der Waals surface area contributed by atoms with Crippen molar-refractivity contribution < 1.29 is 37.6 Å². The summed E-state index contributed by atoms with van der Waals surface area (Å²) in [6.07, 6.45) is 42.5. The zero-order valence-corrected chi connectivity index (χ0v) is 33.0. The Morgan fingerprint density at radius 3 is 1.67 bits per heavy atom. The Balaban J connectivity index is 4.29. The largest absolute Gasteiger partial charge is 0.472 e. The molecule has 0 amide bonds. The molecule has 0 bridgehead atoms. The number of carbonyl (C=O) groups is 2. The van der Waals surface area contributed by atoms with Gasteiger partial charge in [-0.05, 0) is 77.0 Å². The quantitative estimate of drug-likeness (QED) is 0.0279. The molecule has 0 spiro atoms. The van der Waals surface area contributed by atoms with E-state index >= 15 is 0 Å². The first kappa shape index (κ1) is 48.7. The third-order valence-electron chi connectivity index (χ3n) is 7.89. The summed E-state index contributed by atoms with van der Waals surface area (Å²) in [7, 11) is -4.38. The average Bonchev–Trinajstić information content (AvgIpc) is 3.11. The van der Waals surface area contributed by atoms with Crippen LogP contribution in [0.2, 0.25) is 0 Å². The molecule has 0 heterocycles. The van der Waals surface area contributed by atoms with Crippen molar-refractivity contribution in [2.75, 3.05) is 26.4 Å². The number of hydrogen-bond donors (Lipinski definition) is 2. The monoisotopic (exact) mass is 737 g/mol. The lowest BCUT2D eigenvalue weighted by atomic mass is 10.1. The van der Waals surface area contributed by atoms with E-state index in [1.165, 1.54) is 51.4 Å². The Morgan fingerprint density at radius 1 is 0.608 bits per heavy atom. The van der Waals surface area contributed by atoms with Crippen molar-refractivity contribution in [2.24, 2.45) is 5.73 Å². The van der Waals surface area contributed by atoms with Crippen molar-refractivity contribution in [3.63, 3.8) is 0 Å². The molecule has 0 saturated carbocycles. The van der Waals surface area contributed by atoms with Crippen molar-refractivity contribution in [2.45, 2.75) is 161 Å². The maximum Gasteiger partial charge on any atom is 0.472 e. The Morgan fingerprint density at radius 2 is 1.08 bits per heavy atom. The number of hydrogen-bond acceptors (Lipinski definition) is 8. The highest BCUT2D eigenvalue weighted by Gasteiger charge is 2.25. The van der Waals surface area contributed by atoms with Gasteiger partial charge >= 0.3 is 19.8 Å². The van der Waals surface area contributed by atoms with E-state index in [2.05, 4.69) is 74.6 Å². The summed E-state index contributed by atoms with van der Waals surface area (Å²) in [5.74, 6) is -0.888. The maximum atomic E-state index is 12.5. The van der Waals surface area contributed by atoms with Crippen LogP contribution in [0.4, 0.5) is 0 Å². The van der Waals surface area contributed by atoms with Crippen molar-refractivity contribution in [1.29, 1.82) is 0 Å². The van der Waals surface area contributed by atoms with Gasteiger partial charge in [-0.1, -0.05) is 126 Å². The Labute approximate surface area is 310 Å². The lowest BCUT2D eigenvalue weighted by Gasteiger charge is -2.19. The van der Waals surface area contributed by atoms with E-state index in [1.807, 2.05) is 0 Å². The topological polar surface area (TPSA) is 134 Å². The first-order valence-corrected chi connectivity index (χ1v) is 21.3. The molecule has 10 heteroatoms. The zero-order valence-electron chi connectivity index (χ0n) is 32.1. The van der Waals surface area contributed by atoms with Crippen LogP contribution in [-0.4, -0.2) is 49.3 Å². The third kappa shape index (κ3) is 37.3. The summed E-state index contributed by atoms with van der Waals surface area (Å²) in [6, 6.07) is 0. The van der Waals surface area contributed by atoms with Crippen LogP contribution in [0.3, 0.4) is 0 Å². The van der Waals surface area contributed by atoms with E-state index in [9.17, 15) is 19.0 Å². The van der Waals surface area contributed by atoms with Gasteiger partial charge in [0.15, 0.2) is 6.10 Å². The highest BCUT2D eigenvalue weighted by atomic mass is 31.2. The van der Waals surface area contributed by atoms with Crippen LogP contribution >= 0.6 is 7.82 Å². The van der Waals surface area contributed by atoms with Crippen LogP contribution in [0.15, 0.2) is 60.8 Å². The van der Waals surface area contributed by atoms with E-state index in [4.69, 9.17) is 24.3 Å². The molecule has 2 atom stereocenters. The molecule has 0 radical (unpaired) electrons. The minimum atomic E-state index is -4.38. The van der Waals surface area contributed by atoms with Crippen LogP contribution in [0.5, 0.6) is 0 Å². The number of ether oxygens (including phenoxy) is 2. The van der Waals surface area contributed by atoms with Crippen molar-refractivity contribution in [3.05, 3.63) is 60.8 Å². The van der Waals surface area contributed by atoms with Crippen molar-refractivity contribution in [1.82, 2.24) is 0 Å². The molecule has 0 fully saturated rings. The molecule has 0 aliphatic carbocycles.